The summed E-state index contributed by atoms with van der Waals surface area (Å²) < 4.78 is 5.34. The van der Waals surface area contributed by atoms with Gasteiger partial charge in [0.25, 0.3) is 0 Å². The van der Waals surface area contributed by atoms with E-state index in [-0.39, 0.29) is 12.1 Å². The van der Waals surface area contributed by atoms with Gasteiger partial charge in [0.2, 0.25) is 0 Å². The third-order valence-electron chi connectivity index (χ3n) is 3.92. The van der Waals surface area contributed by atoms with Crippen LogP contribution >= 0.6 is 0 Å². The summed E-state index contributed by atoms with van der Waals surface area (Å²) in [4.78, 5) is 11.9. The van der Waals surface area contributed by atoms with Crippen molar-refractivity contribution in [1.82, 2.24) is 10.6 Å². The smallest absolute Gasteiger partial charge is 0.407 e. The van der Waals surface area contributed by atoms with Gasteiger partial charge in [-0.25, -0.2) is 4.79 Å². The van der Waals surface area contributed by atoms with Crippen LogP contribution < -0.4 is 10.6 Å². The summed E-state index contributed by atoms with van der Waals surface area (Å²) in [7, 11) is 1.92. The number of hydrogen-bond donors (Lipinski definition) is 2. The first kappa shape index (κ1) is 17.3. The Bertz CT molecular complexity index is 291. The van der Waals surface area contributed by atoms with Gasteiger partial charge in [0.05, 0.1) is 0 Å². The Labute approximate surface area is 124 Å². The molecule has 0 spiro atoms. The molecule has 2 N–H and O–H groups in total. The van der Waals surface area contributed by atoms with Crippen LogP contribution in [-0.4, -0.2) is 31.3 Å². The predicted octanol–water partition coefficient (Wildman–Crippen LogP) is 3.32. The zero-order valence-electron chi connectivity index (χ0n) is 13.8. The van der Waals surface area contributed by atoms with Crippen molar-refractivity contribution in [2.45, 2.75) is 71.4 Å². The van der Waals surface area contributed by atoms with Crippen LogP contribution in [0.2, 0.25) is 0 Å². The van der Waals surface area contributed by atoms with E-state index in [1.165, 1.54) is 25.7 Å². The molecule has 0 aromatic heterocycles. The molecular weight excluding hydrogens is 252 g/mol. The molecule has 1 amide bonds. The van der Waals surface area contributed by atoms with Gasteiger partial charge in [-0.3, -0.25) is 0 Å². The molecule has 0 unspecified atom stereocenters. The van der Waals surface area contributed by atoms with Gasteiger partial charge in [-0.2, -0.15) is 0 Å². The molecule has 1 saturated carbocycles. The lowest BCUT2D eigenvalue weighted by molar-refractivity contribution is 0.0494. The Balaban J connectivity index is 2.41. The van der Waals surface area contributed by atoms with E-state index in [4.69, 9.17) is 4.74 Å². The highest BCUT2D eigenvalue weighted by molar-refractivity contribution is 5.68. The van der Waals surface area contributed by atoms with Crippen LogP contribution in [0.1, 0.15) is 59.8 Å². The van der Waals surface area contributed by atoms with Crippen molar-refractivity contribution >= 4 is 6.09 Å². The lowest BCUT2D eigenvalue weighted by Gasteiger charge is -2.30. The van der Waals surface area contributed by atoms with E-state index in [0.29, 0.717) is 0 Å². The van der Waals surface area contributed by atoms with Crippen molar-refractivity contribution in [1.29, 1.82) is 0 Å². The van der Waals surface area contributed by atoms with Crippen molar-refractivity contribution in [3.8, 4) is 0 Å². The minimum absolute atomic E-state index is 0.160. The number of carbonyl (C=O) groups is 1. The molecule has 20 heavy (non-hydrogen) atoms. The molecule has 118 valence electrons. The van der Waals surface area contributed by atoms with Crippen molar-refractivity contribution < 1.29 is 9.53 Å². The molecule has 1 fully saturated rings. The largest absolute Gasteiger partial charge is 0.444 e. The van der Waals surface area contributed by atoms with Gasteiger partial charge in [0, 0.05) is 12.6 Å². The lowest BCUT2D eigenvalue weighted by Crippen LogP contribution is -2.44. The average Bonchev–Trinajstić information content (AvgIpc) is 2.30. The van der Waals surface area contributed by atoms with Gasteiger partial charge in [0.1, 0.15) is 5.60 Å². The summed E-state index contributed by atoms with van der Waals surface area (Å²) in [5.74, 6) is 1.60. The number of rotatable bonds is 5. The molecule has 0 bridgehead atoms. The normalized spacial score (nSPS) is 25.1. The van der Waals surface area contributed by atoms with Crippen LogP contribution in [0.3, 0.4) is 0 Å². The van der Waals surface area contributed by atoms with Gasteiger partial charge in [-0.15, -0.1) is 0 Å². The topological polar surface area (TPSA) is 50.4 Å². The number of likely N-dealkylation sites (N-methyl/N-ethyl adjacent to an activating group) is 1. The third-order valence-corrected chi connectivity index (χ3v) is 3.92. The van der Waals surface area contributed by atoms with E-state index in [2.05, 4.69) is 17.6 Å². The molecule has 0 heterocycles. The van der Waals surface area contributed by atoms with Gasteiger partial charge in [-0.05, 0) is 46.1 Å². The number of nitrogens with one attached hydrogen (secondary N) is 2. The monoisotopic (exact) mass is 284 g/mol. The molecule has 1 atom stereocenters. The molecule has 0 aromatic rings. The molecule has 1 aliphatic rings. The fourth-order valence-electron chi connectivity index (χ4n) is 2.88. The quantitative estimate of drug-likeness (QED) is 0.814. The Morgan fingerprint density at radius 3 is 2.35 bits per heavy atom. The zero-order chi connectivity index (χ0) is 15.2. The van der Waals surface area contributed by atoms with E-state index in [1.807, 2.05) is 27.8 Å². The minimum Gasteiger partial charge on any atom is -0.444 e. The van der Waals surface area contributed by atoms with E-state index in [1.54, 1.807) is 0 Å². The Morgan fingerprint density at radius 2 is 1.85 bits per heavy atom. The maximum absolute atomic E-state index is 11.9. The summed E-state index contributed by atoms with van der Waals surface area (Å²) in [5.41, 5.74) is -0.436. The van der Waals surface area contributed by atoms with E-state index in [0.717, 1.165) is 24.8 Å². The van der Waals surface area contributed by atoms with Crippen LogP contribution in [0, 0.1) is 11.8 Å². The molecule has 1 aliphatic carbocycles. The fraction of sp³-hybridized carbons (Fsp3) is 0.938. The molecule has 0 aliphatic heterocycles. The second-order valence-electron chi connectivity index (χ2n) is 7.26. The van der Waals surface area contributed by atoms with Crippen LogP contribution in [0.15, 0.2) is 0 Å². The van der Waals surface area contributed by atoms with Gasteiger partial charge in [0.15, 0.2) is 0 Å². The van der Waals surface area contributed by atoms with E-state index >= 15 is 0 Å². The summed E-state index contributed by atoms with van der Waals surface area (Å²) in [6.07, 6.45) is 5.97. The molecule has 1 rings (SSSR count). The number of ether oxygens (including phenoxy) is 1. The fourth-order valence-corrected chi connectivity index (χ4v) is 2.88. The average molecular weight is 284 g/mol. The highest BCUT2D eigenvalue weighted by Crippen LogP contribution is 2.31. The molecule has 0 aromatic carbocycles. The Morgan fingerprint density at radius 1 is 1.25 bits per heavy atom. The Hall–Kier alpha value is -0.770. The first-order valence-corrected chi connectivity index (χ1v) is 7.94. The van der Waals surface area contributed by atoms with Crippen LogP contribution in [0.5, 0.6) is 0 Å². The number of amides is 1. The highest BCUT2D eigenvalue weighted by atomic mass is 16.6. The van der Waals surface area contributed by atoms with Gasteiger partial charge in [-0.1, -0.05) is 32.6 Å². The van der Waals surface area contributed by atoms with E-state index in [9.17, 15) is 4.79 Å². The third kappa shape index (κ3) is 7.13. The van der Waals surface area contributed by atoms with Crippen molar-refractivity contribution in [3.05, 3.63) is 0 Å². The van der Waals surface area contributed by atoms with Crippen molar-refractivity contribution in [2.24, 2.45) is 11.8 Å². The summed E-state index contributed by atoms with van der Waals surface area (Å²) in [5, 5.41) is 6.17. The molecule has 4 heteroatoms. The second kappa shape index (κ2) is 7.87. The minimum atomic E-state index is -0.436. The standard InChI is InChI=1S/C16H32N2O2/c1-12-6-8-13(9-7-12)10-14(11-17-5)18-15(19)20-16(2,3)4/h12-14,17H,6-11H2,1-5H3,(H,18,19)/t12?,13?,14-/m0/s1. The lowest BCUT2D eigenvalue weighted by atomic mass is 9.80. The first-order chi connectivity index (χ1) is 9.30. The first-order valence-electron chi connectivity index (χ1n) is 7.94. The van der Waals surface area contributed by atoms with Gasteiger partial charge < -0.3 is 15.4 Å². The summed E-state index contributed by atoms with van der Waals surface area (Å²) in [6.45, 7) is 8.80. The Kier molecular flexibility index (Phi) is 6.80. The molecular formula is C16H32N2O2. The van der Waals surface area contributed by atoms with Crippen LogP contribution in [0.4, 0.5) is 4.79 Å². The summed E-state index contributed by atoms with van der Waals surface area (Å²) >= 11 is 0. The molecule has 4 nitrogen and oxygen atoms in total. The zero-order valence-corrected chi connectivity index (χ0v) is 13.8. The van der Waals surface area contributed by atoms with Crippen molar-refractivity contribution in [2.75, 3.05) is 13.6 Å². The highest BCUT2D eigenvalue weighted by Gasteiger charge is 2.24. The number of carbonyl (C=O) groups excluding carboxylic acids is 1. The molecule has 0 radical (unpaired) electrons. The predicted molar refractivity (Wildman–Crippen MR) is 82.8 cm³/mol. The SMILES string of the molecule is CNC[C@H](CC1CCC(C)CC1)NC(=O)OC(C)(C)C. The maximum atomic E-state index is 11.9. The van der Waals surface area contributed by atoms with Crippen LogP contribution in [-0.2, 0) is 4.74 Å². The van der Waals surface area contributed by atoms with Crippen LogP contribution in [0.25, 0.3) is 0 Å². The molecule has 0 saturated heterocycles. The number of alkyl carbamates (subject to hydrolysis) is 1. The van der Waals surface area contributed by atoms with E-state index < -0.39 is 5.60 Å². The second-order valence-corrected chi connectivity index (χ2v) is 7.26. The van der Waals surface area contributed by atoms with Crippen molar-refractivity contribution in [3.63, 3.8) is 0 Å². The maximum Gasteiger partial charge on any atom is 0.407 e. The summed E-state index contributed by atoms with van der Waals surface area (Å²) in [6, 6.07) is 0.160. The number of hydrogen-bond acceptors (Lipinski definition) is 3. The van der Waals surface area contributed by atoms with Gasteiger partial charge >= 0.3 is 6.09 Å².